The summed E-state index contributed by atoms with van der Waals surface area (Å²) in [6, 6.07) is 63.5. The monoisotopic (exact) mass is 653 g/mol. The minimum atomic E-state index is -0.0827. The first-order valence-electron chi connectivity index (χ1n) is 17.7. The molecule has 51 heavy (non-hydrogen) atoms. The summed E-state index contributed by atoms with van der Waals surface area (Å²) in [6.45, 7) is 4.71. The summed E-state index contributed by atoms with van der Waals surface area (Å²) < 4.78 is 6.72. The Balaban J connectivity index is 1.12. The fourth-order valence-corrected chi connectivity index (χ4v) is 8.47. The normalized spacial score (nSPS) is 13.1. The van der Waals surface area contributed by atoms with Crippen LogP contribution in [0.3, 0.4) is 0 Å². The van der Waals surface area contributed by atoms with Gasteiger partial charge in [0.25, 0.3) is 0 Å². The molecular weight excluding hydrogens is 619 g/mol. The second-order valence-electron chi connectivity index (χ2n) is 14.1. The van der Waals surface area contributed by atoms with E-state index >= 15 is 0 Å². The van der Waals surface area contributed by atoms with Gasteiger partial charge in [-0.05, 0) is 86.6 Å². The average Bonchev–Trinajstić information content (AvgIpc) is 3.66. The van der Waals surface area contributed by atoms with Crippen LogP contribution < -0.4 is 4.90 Å². The van der Waals surface area contributed by atoms with E-state index in [1.165, 1.54) is 44.2 Å². The van der Waals surface area contributed by atoms with E-state index in [4.69, 9.17) is 4.42 Å². The lowest BCUT2D eigenvalue weighted by molar-refractivity contribution is 0.662. The molecular formula is C49H35NO. The van der Waals surface area contributed by atoms with Crippen LogP contribution in [0.25, 0.3) is 66.1 Å². The summed E-state index contributed by atoms with van der Waals surface area (Å²) in [6.07, 6.45) is 0. The molecule has 0 amide bonds. The number of nitrogens with zero attached hydrogens (tertiary/aromatic N) is 1. The molecule has 1 aliphatic carbocycles. The molecule has 10 rings (SSSR count). The van der Waals surface area contributed by atoms with Crippen molar-refractivity contribution in [2.24, 2.45) is 0 Å². The molecule has 0 spiro atoms. The third kappa shape index (κ3) is 4.57. The highest BCUT2D eigenvalue weighted by Crippen LogP contribution is 2.52. The number of hydrogen-bond acceptors (Lipinski definition) is 2. The molecule has 0 saturated heterocycles. The van der Waals surface area contributed by atoms with Gasteiger partial charge in [0.15, 0.2) is 0 Å². The number of rotatable bonds is 5. The Labute approximate surface area is 297 Å². The Morgan fingerprint density at radius 2 is 1.06 bits per heavy atom. The van der Waals surface area contributed by atoms with E-state index < -0.39 is 0 Å². The predicted molar refractivity (Wildman–Crippen MR) is 214 cm³/mol. The SMILES string of the molecule is CC1(C)c2ccccc2-c2cccc(-c3ccc(N(c4ccccc4)c4ccccc4-c4cccc5c4oc4cc6ccccc6cc45)cc3)c21. The van der Waals surface area contributed by atoms with Crippen molar-refractivity contribution in [1.29, 1.82) is 0 Å². The van der Waals surface area contributed by atoms with Gasteiger partial charge in [-0.1, -0.05) is 147 Å². The molecule has 2 nitrogen and oxygen atoms in total. The van der Waals surface area contributed by atoms with E-state index in [1.807, 2.05) is 0 Å². The van der Waals surface area contributed by atoms with Crippen LogP contribution in [-0.2, 0) is 5.41 Å². The fraction of sp³-hybridized carbons (Fsp3) is 0.0612. The maximum atomic E-state index is 6.72. The van der Waals surface area contributed by atoms with E-state index in [0.29, 0.717) is 0 Å². The lowest BCUT2D eigenvalue weighted by Gasteiger charge is -2.28. The molecule has 0 atom stereocenters. The maximum Gasteiger partial charge on any atom is 0.143 e. The highest BCUT2D eigenvalue weighted by molar-refractivity contribution is 6.14. The Hall–Kier alpha value is -6.38. The molecule has 0 radical (unpaired) electrons. The van der Waals surface area contributed by atoms with Gasteiger partial charge in [0, 0.05) is 38.7 Å². The smallest absolute Gasteiger partial charge is 0.143 e. The van der Waals surface area contributed by atoms with Crippen LogP contribution in [0.1, 0.15) is 25.0 Å². The van der Waals surface area contributed by atoms with Crippen LogP contribution in [0.4, 0.5) is 17.1 Å². The van der Waals surface area contributed by atoms with Gasteiger partial charge in [-0.15, -0.1) is 0 Å². The summed E-state index contributed by atoms with van der Waals surface area (Å²) in [5.74, 6) is 0. The van der Waals surface area contributed by atoms with E-state index in [-0.39, 0.29) is 5.41 Å². The maximum absolute atomic E-state index is 6.72. The summed E-state index contributed by atoms with van der Waals surface area (Å²) in [7, 11) is 0. The molecule has 9 aromatic rings. The first-order valence-corrected chi connectivity index (χ1v) is 17.7. The number of fused-ring (bicyclic) bond motifs is 7. The van der Waals surface area contributed by atoms with Crippen molar-refractivity contribution in [2.45, 2.75) is 19.3 Å². The number of benzene rings is 8. The Morgan fingerprint density at radius 1 is 0.451 bits per heavy atom. The zero-order chi connectivity index (χ0) is 34.1. The number of para-hydroxylation sites is 3. The number of anilines is 3. The van der Waals surface area contributed by atoms with Gasteiger partial charge in [-0.25, -0.2) is 0 Å². The molecule has 0 N–H and O–H groups in total. The van der Waals surface area contributed by atoms with Gasteiger partial charge in [0.2, 0.25) is 0 Å². The molecule has 0 unspecified atom stereocenters. The molecule has 1 aliphatic rings. The Morgan fingerprint density at radius 3 is 1.88 bits per heavy atom. The predicted octanol–water partition coefficient (Wildman–Crippen LogP) is 13.8. The molecule has 0 aliphatic heterocycles. The largest absolute Gasteiger partial charge is 0.455 e. The van der Waals surface area contributed by atoms with Crippen LogP contribution in [0.5, 0.6) is 0 Å². The van der Waals surface area contributed by atoms with E-state index in [0.717, 1.165) is 50.1 Å². The Bertz CT molecular complexity index is 2770. The van der Waals surface area contributed by atoms with Crippen molar-refractivity contribution < 1.29 is 4.42 Å². The fourth-order valence-electron chi connectivity index (χ4n) is 8.47. The zero-order valence-electron chi connectivity index (χ0n) is 28.6. The highest BCUT2D eigenvalue weighted by atomic mass is 16.3. The quantitative estimate of drug-likeness (QED) is 0.184. The molecule has 1 heterocycles. The molecule has 0 saturated carbocycles. The summed E-state index contributed by atoms with van der Waals surface area (Å²) in [4.78, 5) is 2.37. The standard InChI is InChI=1S/C49H35NO/c1-49(2)44-24-10-8-18-38(44)40-21-12-20-37(47(40)49)32-26-28-36(29-27-32)50(35-16-4-3-5-17-35)45-25-11-9-19-39(45)41-22-13-23-42-43-30-33-14-6-7-15-34(33)31-46(43)51-48(41)42/h3-31H,1-2H3. The van der Waals surface area contributed by atoms with Crippen LogP contribution >= 0.6 is 0 Å². The van der Waals surface area contributed by atoms with Crippen LogP contribution in [0, 0.1) is 0 Å². The van der Waals surface area contributed by atoms with Gasteiger partial charge in [0.1, 0.15) is 11.2 Å². The van der Waals surface area contributed by atoms with Crippen molar-refractivity contribution in [3.05, 3.63) is 187 Å². The Kier molecular flexibility index (Phi) is 6.56. The van der Waals surface area contributed by atoms with E-state index in [9.17, 15) is 0 Å². The summed E-state index contributed by atoms with van der Waals surface area (Å²) in [5, 5.41) is 4.65. The van der Waals surface area contributed by atoms with Gasteiger partial charge in [-0.2, -0.15) is 0 Å². The highest BCUT2D eigenvalue weighted by Gasteiger charge is 2.37. The lowest BCUT2D eigenvalue weighted by Crippen LogP contribution is -2.16. The lowest BCUT2D eigenvalue weighted by atomic mass is 9.79. The van der Waals surface area contributed by atoms with Crippen molar-refractivity contribution in [2.75, 3.05) is 4.90 Å². The molecule has 8 aromatic carbocycles. The molecule has 242 valence electrons. The van der Waals surface area contributed by atoms with Crippen LogP contribution in [0.15, 0.2) is 180 Å². The molecule has 0 fully saturated rings. The van der Waals surface area contributed by atoms with E-state index in [2.05, 4.69) is 195 Å². The van der Waals surface area contributed by atoms with Gasteiger partial charge in [-0.3, -0.25) is 0 Å². The van der Waals surface area contributed by atoms with Gasteiger partial charge >= 0.3 is 0 Å². The average molecular weight is 654 g/mol. The van der Waals surface area contributed by atoms with Crippen molar-refractivity contribution in [3.8, 4) is 33.4 Å². The first kappa shape index (κ1) is 29.5. The molecule has 2 heteroatoms. The third-order valence-corrected chi connectivity index (χ3v) is 10.8. The van der Waals surface area contributed by atoms with Crippen LogP contribution in [0.2, 0.25) is 0 Å². The number of hydrogen-bond donors (Lipinski definition) is 0. The first-order chi connectivity index (χ1) is 25.1. The zero-order valence-corrected chi connectivity index (χ0v) is 28.6. The third-order valence-electron chi connectivity index (χ3n) is 10.8. The van der Waals surface area contributed by atoms with Gasteiger partial charge < -0.3 is 9.32 Å². The van der Waals surface area contributed by atoms with E-state index in [1.54, 1.807) is 0 Å². The summed E-state index contributed by atoms with van der Waals surface area (Å²) in [5.41, 5.74) is 15.2. The second-order valence-corrected chi connectivity index (χ2v) is 14.1. The minimum Gasteiger partial charge on any atom is -0.455 e. The summed E-state index contributed by atoms with van der Waals surface area (Å²) >= 11 is 0. The second kappa shape index (κ2) is 11.3. The topological polar surface area (TPSA) is 16.4 Å². The van der Waals surface area contributed by atoms with Gasteiger partial charge in [0.05, 0.1) is 5.69 Å². The van der Waals surface area contributed by atoms with Crippen molar-refractivity contribution in [1.82, 2.24) is 0 Å². The van der Waals surface area contributed by atoms with Crippen molar-refractivity contribution >= 4 is 49.8 Å². The van der Waals surface area contributed by atoms with Crippen molar-refractivity contribution in [3.63, 3.8) is 0 Å². The molecule has 0 bridgehead atoms. The number of furan rings is 1. The minimum absolute atomic E-state index is 0.0827. The van der Waals surface area contributed by atoms with Crippen LogP contribution in [-0.4, -0.2) is 0 Å². The molecule has 1 aromatic heterocycles.